The number of rotatable bonds is 9. The summed E-state index contributed by atoms with van der Waals surface area (Å²) < 4.78 is 16.2. The molecule has 0 bridgehead atoms. The number of aromatic nitrogens is 3. The van der Waals surface area contributed by atoms with Gasteiger partial charge in [0.15, 0.2) is 11.8 Å². The monoisotopic (exact) mass is 388 g/mol. The molecule has 0 saturated carbocycles. The lowest BCUT2D eigenvalue weighted by Gasteiger charge is -2.12. The van der Waals surface area contributed by atoms with Crippen molar-refractivity contribution in [2.24, 2.45) is 4.99 Å². The molecule has 9 nitrogen and oxygen atoms in total. The normalized spacial score (nSPS) is 16.9. The summed E-state index contributed by atoms with van der Waals surface area (Å²) in [4.78, 5) is 8.73. The van der Waals surface area contributed by atoms with Crippen molar-refractivity contribution in [3.63, 3.8) is 0 Å². The van der Waals surface area contributed by atoms with Crippen LogP contribution in [-0.4, -0.2) is 67.8 Å². The minimum atomic E-state index is 0.254. The van der Waals surface area contributed by atoms with Gasteiger partial charge in [0.25, 0.3) is 0 Å². The van der Waals surface area contributed by atoms with Gasteiger partial charge in [0, 0.05) is 32.4 Å². The maximum Gasteiger partial charge on any atom is 0.191 e. The van der Waals surface area contributed by atoms with Crippen molar-refractivity contribution in [2.45, 2.75) is 25.5 Å². The van der Waals surface area contributed by atoms with E-state index in [1.165, 1.54) is 0 Å². The van der Waals surface area contributed by atoms with E-state index >= 15 is 0 Å². The van der Waals surface area contributed by atoms with Crippen molar-refractivity contribution in [3.05, 3.63) is 30.1 Å². The highest BCUT2D eigenvalue weighted by Gasteiger charge is 2.15. The fraction of sp³-hybridized carbons (Fsp3) is 0.526. The highest BCUT2D eigenvalue weighted by molar-refractivity contribution is 5.79. The molecular weight excluding hydrogens is 360 g/mol. The molecule has 3 N–H and O–H groups in total. The molecule has 3 rings (SSSR count). The molecule has 1 atom stereocenters. The standard InChI is InChI=1S/C19H28N6O3/c1-20-19(21-9-3-10-28-16-8-11-27-13-16)22-12-17-23-18(25-24-17)14-4-6-15(26-2)7-5-14/h4-7,16H,3,8-13H2,1-2H3,(H2,20,21,22)(H,23,24,25). The maximum atomic E-state index is 5.75. The van der Waals surface area contributed by atoms with Gasteiger partial charge in [-0.1, -0.05) is 0 Å². The van der Waals surface area contributed by atoms with Gasteiger partial charge in [-0.25, -0.2) is 4.98 Å². The molecule has 1 saturated heterocycles. The zero-order valence-corrected chi connectivity index (χ0v) is 16.4. The second kappa shape index (κ2) is 10.6. The first kappa shape index (κ1) is 20.1. The van der Waals surface area contributed by atoms with Gasteiger partial charge in [0.2, 0.25) is 0 Å². The minimum Gasteiger partial charge on any atom is -0.497 e. The average Bonchev–Trinajstić information content (AvgIpc) is 3.42. The first-order chi connectivity index (χ1) is 13.8. The molecule has 2 aromatic rings. The zero-order valence-electron chi connectivity index (χ0n) is 16.4. The molecule has 0 amide bonds. The third-order valence-corrected chi connectivity index (χ3v) is 4.38. The molecule has 1 aromatic carbocycles. The molecule has 28 heavy (non-hydrogen) atoms. The number of guanidine groups is 1. The SMILES string of the molecule is CN=C(NCCCOC1CCOC1)NCc1nc(-c2ccc(OC)cc2)n[nH]1. The summed E-state index contributed by atoms with van der Waals surface area (Å²) in [6, 6.07) is 7.64. The van der Waals surface area contributed by atoms with Gasteiger partial charge in [-0.05, 0) is 37.1 Å². The van der Waals surface area contributed by atoms with E-state index in [9.17, 15) is 0 Å². The van der Waals surface area contributed by atoms with Crippen LogP contribution < -0.4 is 15.4 Å². The van der Waals surface area contributed by atoms with Gasteiger partial charge in [0.05, 0.1) is 26.4 Å². The van der Waals surface area contributed by atoms with Crippen molar-refractivity contribution in [1.82, 2.24) is 25.8 Å². The summed E-state index contributed by atoms with van der Waals surface area (Å²) in [5, 5.41) is 13.7. The van der Waals surface area contributed by atoms with Gasteiger partial charge >= 0.3 is 0 Å². The van der Waals surface area contributed by atoms with Crippen LogP contribution in [0.25, 0.3) is 11.4 Å². The molecule has 9 heteroatoms. The molecule has 0 aliphatic carbocycles. The van der Waals surface area contributed by atoms with Crippen LogP contribution in [0.5, 0.6) is 5.75 Å². The van der Waals surface area contributed by atoms with E-state index in [1.807, 2.05) is 24.3 Å². The van der Waals surface area contributed by atoms with Crippen LogP contribution in [0.4, 0.5) is 0 Å². The Labute approximate surface area is 164 Å². The zero-order chi connectivity index (χ0) is 19.6. The molecule has 0 spiro atoms. The first-order valence-corrected chi connectivity index (χ1v) is 9.48. The lowest BCUT2D eigenvalue weighted by molar-refractivity contribution is 0.0420. The van der Waals surface area contributed by atoms with E-state index in [0.717, 1.165) is 43.1 Å². The summed E-state index contributed by atoms with van der Waals surface area (Å²) in [5.41, 5.74) is 0.929. The van der Waals surface area contributed by atoms with Crippen molar-refractivity contribution >= 4 is 5.96 Å². The molecule has 1 fully saturated rings. The minimum absolute atomic E-state index is 0.254. The van der Waals surface area contributed by atoms with E-state index in [1.54, 1.807) is 14.2 Å². The predicted molar refractivity (Wildman–Crippen MR) is 106 cm³/mol. The van der Waals surface area contributed by atoms with Gasteiger partial charge in [-0.15, -0.1) is 0 Å². The topological polar surface area (TPSA) is 106 Å². The number of aromatic amines is 1. The molecule has 1 unspecified atom stereocenters. The Morgan fingerprint density at radius 2 is 2.18 bits per heavy atom. The Hall–Kier alpha value is -2.65. The van der Waals surface area contributed by atoms with E-state index in [0.29, 0.717) is 31.5 Å². The summed E-state index contributed by atoms with van der Waals surface area (Å²) in [7, 11) is 3.38. The number of aliphatic imine (C=N–C) groups is 1. The van der Waals surface area contributed by atoms with Crippen molar-refractivity contribution in [3.8, 4) is 17.1 Å². The number of ether oxygens (including phenoxy) is 3. The van der Waals surface area contributed by atoms with Crippen LogP contribution in [0.15, 0.2) is 29.3 Å². The van der Waals surface area contributed by atoms with Gasteiger partial charge < -0.3 is 24.8 Å². The number of methoxy groups -OCH3 is 1. The summed E-state index contributed by atoms with van der Waals surface area (Å²) in [5.74, 6) is 2.90. The predicted octanol–water partition coefficient (Wildman–Crippen LogP) is 1.34. The third-order valence-electron chi connectivity index (χ3n) is 4.38. The highest BCUT2D eigenvalue weighted by Crippen LogP contribution is 2.18. The van der Waals surface area contributed by atoms with Crippen molar-refractivity contribution in [2.75, 3.05) is 40.5 Å². The molecule has 2 heterocycles. The van der Waals surface area contributed by atoms with Crippen LogP contribution in [0.3, 0.4) is 0 Å². The summed E-state index contributed by atoms with van der Waals surface area (Å²) in [6.45, 7) is 3.51. The Morgan fingerprint density at radius 1 is 1.32 bits per heavy atom. The first-order valence-electron chi connectivity index (χ1n) is 9.48. The fourth-order valence-electron chi connectivity index (χ4n) is 2.80. The number of nitrogens with one attached hydrogen (secondary N) is 3. The van der Waals surface area contributed by atoms with Crippen molar-refractivity contribution in [1.29, 1.82) is 0 Å². The molecule has 1 aliphatic heterocycles. The number of H-pyrrole nitrogens is 1. The third kappa shape index (κ3) is 5.93. The largest absolute Gasteiger partial charge is 0.497 e. The van der Waals surface area contributed by atoms with E-state index in [-0.39, 0.29) is 6.10 Å². The second-order valence-corrected chi connectivity index (χ2v) is 6.40. The molecule has 152 valence electrons. The van der Waals surface area contributed by atoms with Crippen LogP contribution in [0.2, 0.25) is 0 Å². The fourth-order valence-corrected chi connectivity index (χ4v) is 2.80. The molecule has 1 aliphatic rings. The van der Waals surface area contributed by atoms with Crippen LogP contribution in [-0.2, 0) is 16.0 Å². The maximum absolute atomic E-state index is 5.75. The van der Waals surface area contributed by atoms with E-state index < -0.39 is 0 Å². The Kier molecular flexibility index (Phi) is 7.62. The number of nitrogens with zero attached hydrogens (tertiary/aromatic N) is 3. The van der Waals surface area contributed by atoms with E-state index in [2.05, 4.69) is 30.8 Å². The number of benzene rings is 1. The number of hydrogen-bond acceptors (Lipinski definition) is 6. The highest BCUT2D eigenvalue weighted by atomic mass is 16.5. The average molecular weight is 388 g/mol. The Morgan fingerprint density at radius 3 is 2.89 bits per heavy atom. The van der Waals surface area contributed by atoms with Crippen LogP contribution in [0, 0.1) is 0 Å². The van der Waals surface area contributed by atoms with Crippen molar-refractivity contribution < 1.29 is 14.2 Å². The lowest BCUT2D eigenvalue weighted by atomic mass is 10.2. The second-order valence-electron chi connectivity index (χ2n) is 6.40. The molecule has 0 radical (unpaired) electrons. The van der Waals surface area contributed by atoms with E-state index in [4.69, 9.17) is 14.2 Å². The van der Waals surface area contributed by atoms with Crippen LogP contribution >= 0.6 is 0 Å². The Bertz CT molecular complexity index is 740. The van der Waals surface area contributed by atoms with Gasteiger partial charge in [-0.2, -0.15) is 5.10 Å². The van der Waals surface area contributed by atoms with Gasteiger partial charge in [-0.3, -0.25) is 10.1 Å². The molecule has 1 aromatic heterocycles. The Balaban J connectivity index is 1.38. The molecular formula is C19H28N6O3. The smallest absolute Gasteiger partial charge is 0.191 e. The number of hydrogen-bond donors (Lipinski definition) is 3. The quantitative estimate of drug-likeness (QED) is 0.338. The van der Waals surface area contributed by atoms with Gasteiger partial charge in [0.1, 0.15) is 11.6 Å². The van der Waals surface area contributed by atoms with Crippen LogP contribution in [0.1, 0.15) is 18.7 Å². The lowest BCUT2D eigenvalue weighted by Crippen LogP contribution is -2.37. The summed E-state index contributed by atoms with van der Waals surface area (Å²) in [6.07, 6.45) is 2.15. The summed E-state index contributed by atoms with van der Waals surface area (Å²) >= 11 is 0.